The number of likely N-dealkylation sites (tertiary alicyclic amines) is 1. The predicted octanol–water partition coefficient (Wildman–Crippen LogP) is 4.17. The number of carbonyl (C=O) groups excluding carboxylic acids is 1. The van der Waals surface area contributed by atoms with Gasteiger partial charge in [0.2, 0.25) is 0 Å². The second-order valence-corrected chi connectivity index (χ2v) is 6.83. The van der Waals surface area contributed by atoms with Gasteiger partial charge in [0.1, 0.15) is 0 Å². The molecule has 1 heterocycles. The van der Waals surface area contributed by atoms with Crippen molar-refractivity contribution in [3.05, 3.63) is 0 Å². The van der Waals surface area contributed by atoms with Gasteiger partial charge in [-0.15, -0.1) is 0 Å². The zero-order chi connectivity index (χ0) is 18.4. The maximum absolute atomic E-state index is 11.9. The summed E-state index contributed by atoms with van der Waals surface area (Å²) < 4.78 is 11.2. The number of unbranched alkanes of at least 4 members (excludes halogenated alkanes) is 4. The molecule has 0 aliphatic carbocycles. The summed E-state index contributed by atoms with van der Waals surface area (Å²) in [5, 5.41) is 0. The summed E-state index contributed by atoms with van der Waals surface area (Å²) in [6, 6.07) is 0. The molecule has 1 aliphatic heterocycles. The van der Waals surface area contributed by atoms with Crippen LogP contribution >= 0.6 is 0 Å². The van der Waals surface area contributed by atoms with Gasteiger partial charge in [0.15, 0.2) is 5.60 Å². The second-order valence-electron chi connectivity index (χ2n) is 6.83. The Morgan fingerprint density at radius 2 is 1.84 bits per heavy atom. The largest absolute Gasteiger partial charge is 0.446 e. The van der Waals surface area contributed by atoms with Gasteiger partial charge in [0.05, 0.1) is 0 Å². The number of rotatable bonds is 11. The molecule has 25 heavy (non-hydrogen) atoms. The van der Waals surface area contributed by atoms with Crippen LogP contribution in [0.1, 0.15) is 78.6 Å². The Kier molecular flexibility index (Phi) is 11.6. The SMILES string of the molecule is CCCCCCC#CC1(OC(=O)CC)CCN(CCCOCC)CC1. The standard InChI is InChI=1S/C21H37NO3/c1-4-7-8-9-10-11-13-21(25-20(23)5-2)14-17-22(18-15-21)16-12-19-24-6-3/h4-10,12,14-19H2,1-3H3. The van der Waals surface area contributed by atoms with Crippen molar-refractivity contribution in [3.63, 3.8) is 0 Å². The average Bonchev–Trinajstić information content (AvgIpc) is 2.63. The molecule has 0 saturated carbocycles. The molecule has 0 atom stereocenters. The zero-order valence-corrected chi connectivity index (χ0v) is 16.6. The second kappa shape index (κ2) is 13.2. The Morgan fingerprint density at radius 1 is 1.08 bits per heavy atom. The number of piperidine rings is 1. The Balaban J connectivity index is 2.49. The first kappa shape index (κ1) is 22.0. The van der Waals surface area contributed by atoms with Crippen molar-refractivity contribution >= 4 is 5.97 Å². The van der Waals surface area contributed by atoms with E-state index in [0.29, 0.717) is 6.42 Å². The van der Waals surface area contributed by atoms with E-state index in [4.69, 9.17) is 9.47 Å². The van der Waals surface area contributed by atoms with Gasteiger partial charge < -0.3 is 14.4 Å². The summed E-state index contributed by atoms with van der Waals surface area (Å²) in [4.78, 5) is 14.3. The highest BCUT2D eigenvalue weighted by molar-refractivity contribution is 5.70. The lowest BCUT2D eigenvalue weighted by Crippen LogP contribution is -2.46. The van der Waals surface area contributed by atoms with E-state index < -0.39 is 5.60 Å². The van der Waals surface area contributed by atoms with Crippen LogP contribution in [0.4, 0.5) is 0 Å². The lowest BCUT2D eigenvalue weighted by molar-refractivity contribution is -0.157. The lowest BCUT2D eigenvalue weighted by Gasteiger charge is -2.38. The minimum absolute atomic E-state index is 0.134. The Hall–Kier alpha value is -1.05. The molecule has 1 fully saturated rings. The van der Waals surface area contributed by atoms with Crippen molar-refractivity contribution in [1.82, 2.24) is 4.90 Å². The van der Waals surface area contributed by atoms with E-state index in [1.54, 1.807) is 0 Å². The molecule has 0 N–H and O–H groups in total. The summed E-state index contributed by atoms with van der Waals surface area (Å²) >= 11 is 0. The van der Waals surface area contributed by atoms with Crippen LogP contribution in [-0.2, 0) is 14.3 Å². The molecule has 0 amide bonds. The first-order valence-electron chi connectivity index (χ1n) is 10.2. The van der Waals surface area contributed by atoms with E-state index in [0.717, 1.165) is 65.0 Å². The first-order chi connectivity index (χ1) is 12.2. The van der Waals surface area contributed by atoms with Gasteiger partial charge in [-0.2, -0.15) is 0 Å². The average molecular weight is 352 g/mol. The summed E-state index contributed by atoms with van der Waals surface area (Å²) in [6.07, 6.45) is 8.90. The van der Waals surface area contributed by atoms with E-state index in [9.17, 15) is 4.79 Å². The maximum atomic E-state index is 11.9. The highest BCUT2D eigenvalue weighted by Crippen LogP contribution is 2.27. The normalized spacial score (nSPS) is 16.9. The number of hydrogen-bond donors (Lipinski definition) is 0. The van der Waals surface area contributed by atoms with Crippen molar-refractivity contribution in [2.24, 2.45) is 0 Å². The van der Waals surface area contributed by atoms with Crippen LogP contribution in [0.15, 0.2) is 0 Å². The third-order valence-corrected chi connectivity index (χ3v) is 4.70. The highest BCUT2D eigenvalue weighted by Gasteiger charge is 2.36. The van der Waals surface area contributed by atoms with Crippen LogP contribution in [0, 0.1) is 11.8 Å². The molecule has 1 aliphatic rings. The highest BCUT2D eigenvalue weighted by atomic mass is 16.6. The van der Waals surface area contributed by atoms with Gasteiger partial charge in [0.25, 0.3) is 0 Å². The molecule has 0 bridgehead atoms. The fourth-order valence-corrected chi connectivity index (χ4v) is 3.08. The molecule has 0 aromatic rings. The Bertz CT molecular complexity index is 417. The molecule has 0 aromatic heterocycles. The molecule has 0 spiro atoms. The topological polar surface area (TPSA) is 38.8 Å². The number of esters is 1. The van der Waals surface area contributed by atoms with Crippen LogP contribution in [0.3, 0.4) is 0 Å². The van der Waals surface area contributed by atoms with E-state index in [1.807, 2.05) is 13.8 Å². The van der Waals surface area contributed by atoms with Crippen molar-refractivity contribution in [1.29, 1.82) is 0 Å². The molecule has 0 radical (unpaired) electrons. The molecular weight excluding hydrogens is 314 g/mol. The minimum Gasteiger partial charge on any atom is -0.446 e. The molecule has 0 unspecified atom stereocenters. The summed E-state index contributed by atoms with van der Waals surface area (Å²) in [5.74, 6) is 6.49. The van der Waals surface area contributed by atoms with Crippen molar-refractivity contribution in [2.45, 2.75) is 84.2 Å². The lowest BCUT2D eigenvalue weighted by atomic mass is 9.91. The third kappa shape index (κ3) is 9.28. The number of hydrogen-bond acceptors (Lipinski definition) is 4. The fraction of sp³-hybridized carbons (Fsp3) is 0.857. The van der Waals surface area contributed by atoms with Crippen LogP contribution in [0.2, 0.25) is 0 Å². The van der Waals surface area contributed by atoms with Crippen LogP contribution in [-0.4, -0.2) is 49.3 Å². The summed E-state index contributed by atoms with van der Waals surface area (Å²) in [6.45, 7) is 10.6. The first-order valence-corrected chi connectivity index (χ1v) is 10.2. The van der Waals surface area contributed by atoms with E-state index in [1.165, 1.54) is 19.3 Å². The molecule has 144 valence electrons. The Labute approximate surface area is 154 Å². The number of ether oxygens (including phenoxy) is 2. The fourth-order valence-electron chi connectivity index (χ4n) is 3.08. The van der Waals surface area contributed by atoms with Crippen molar-refractivity contribution in [2.75, 3.05) is 32.8 Å². The van der Waals surface area contributed by atoms with Crippen LogP contribution in [0.25, 0.3) is 0 Å². The molecule has 1 rings (SSSR count). The van der Waals surface area contributed by atoms with E-state index >= 15 is 0 Å². The molecular formula is C21H37NO3. The quantitative estimate of drug-likeness (QED) is 0.318. The Morgan fingerprint density at radius 3 is 2.48 bits per heavy atom. The number of carbonyl (C=O) groups is 1. The zero-order valence-electron chi connectivity index (χ0n) is 16.6. The van der Waals surface area contributed by atoms with Gasteiger partial charge in [-0.05, 0) is 19.8 Å². The van der Waals surface area contributed by atoms with Gasteiger partial charge in [0, 0.05) is 58.5 Å². The van der Waals surface area contributed by atoms with Crippen molar-refractivity contribution in [3.8, 4) is 11.8 Å². The predicted molar refractivity (Wildman–Crippen MR) is 102 cm³/mol. The smallest absolute Gasteiger partial charge is 0.307 e. The van der Waals surface area contributed by atoms with Gasteiger partial charge in [-0.3, -0.25) is 4.79 Å². The molecule has 4 nitrogen and oxygen atoms in total. The van der Waals surface area contributed by atoms with Crippen LogP contribution < -0.4 is 0 Å². The number of nitrogens with zero attached hydrogens (tertiary/aromatic N) is 1. The van der Waals surface area contributed by atoms with E-state index in [-0.39, 0.29) is 5.97 Å². The minimum atomic E-state index is -0.561. The van der Waals surface area contributed by atoms with Crippen LogP contribution in [0.5, 0.6) is 0 Å². The maximum Gasteiger partial charge on any atom is 0.307 e. The van der Waals surface area contributed by atoms with E-state index in [2.05, 4.69) is 23.7 Å². The third-order valence-electron chi connectivity index (χ3n) is 4.70. The molecule has 4 heteroatoms. The van der Waals surface area contributed by atoms with Gasteiger partial charge in [-0.1, -0.05) is 45.0 Å². The molecule has 1 saturated heterocycles. The molecule has 0 aromatic carbocycles. The van der Waals surface area contributed by atoms with Crippen molar-refractivity contribution < 1.29 is 14.3 Å². The van der Waals surface area contributed by atoms with Gasteiger partial charge in [-0.25, -0.2) is 0 Å². The summed E-state index contributed by atoms with van der Waals surface area (Å²) in [5.41, 5.74) is -0.561. The van der Waals surface area contributed by atoms with Gasteiger partial charge >= 0.3 is 5.97 Å². The summed E-state index contributed by atoms with van der Waals surface area (Å²) in [7, 11) is 0. The monoisotopic (exact) mass is 351 g/mol.